The zero-order chi connectivity index (χ0) is 16.5. The van der Waals surface area contributed by atoms with Gasteiger partial charge < -0.3 is 4.74 Å². The van der Waals surface area contributed by atoms with Gasteiger partial charge >= 0.3 is 5.97 Å². The average molecular weight is 307 g/mol. The summed E-state index contributed by atoms with van der Waals surface area (Å²) < 4.78 is 5.38. The molecular formula is C17H25NO4. The van der Waals surface area contributed by atoms with Crippen LogP contribution in [0, 0.1) is 27.4 Å². The number of esters is 1. The van der Waals surface area contributed by atoms with E-state index in [4.69, 9.17) is 4.74 Å². The molecule has 2 rings (SSSR count). The Morgan fingerprint density at radius 2 is 2.27 bits per heavy atom. The molecule has 5 heteroatoms. The maximum Gasteiger partial charge on any atom is 0.307 e. The van der Waals surface area contributed by atoms with Gasteiger partial charge in [-0.1, -0.05) is 17.7 Å². The van der Waals surface area contributed by atoms with E-state index in [-0.39, 0.29) is 29.8 Å². The van der Waals surface area contributed by atoms with Crippen molar-refractivity contribution in [3.8, 4) is 0 Å². The van der Waals surface area contributed by atoms with Gasteiger partial charge in [0.1, 0.15) is 5.60 Å². The SMILES string of the molecule is C=CCC1=C[C@H]2[C@@H](C1)C[C@]2(CC(=O)OC(C)(C)C)C[N+](=O)[O-]. The van der Waals surface area contributed by atoms with Gasteiger partial charge in [0, 0.05) is 4.92 Å². The maximum absolute atomic E-state index is 12.2. The fourth-order valence-electron chi connectivity index (χ4n) is 3.97. The van der Waals surface area contributed by atoms with E-state index in [9.17, 15) is 14.9 Å². The normalized spacial score (nSPS) is 30.0. The van der Waals surface area contributed by atoms with Crippen molar-refractivity contribution in [1.82, 2.24) is 0 Å². The van der Waals surface area contributed by atoms with Crippen molar-refractivity contribution in [2.24, 2.45) is 17.3 Å². The zero-order valence-electron chi connectivity index (χ0n) is 13.6. The van der Waals surface area contributed by atoms with E-state index in [0.29, 0.717) is 5.92 Å². The van der Waals surface area contributed by atoms with Gasteiger partial charge in [-0.3, -0.25) is 14.9 Å². The first-order chi connectivity index (χ1) is 10.1. The van der Waals surface area contributed by atoms with Crippen molar-refractivity contribution >= 4 is 5.97 Å². The molecule has 0 saturated heterocycles. The highest BCUT2D eigenvalue weighted by Gasteiger charge is 2.58. The van der Waals surface area contributed by atoms with Gasteiger partial charge in [-0.2, -0.15) is 0 Å². The number of ether oxygens (including phenoxy) is 1. The molecule has 0 unspecified atom stereocenters. The van der Waals surface area contributed by atoms with E-state index < -0.39 is 11.0 Å². The largest absolute Gasteiger partial charge is 0.460 e. The first-order valence-electron chi connectivity index (χ1n) is 7.79. The molecule has 22 heavy (non-hydrogen) atoms. The van der Waals surface area contributed by atoms with Crippen LogP contribution >= 0.6 is 0 Å². The molecule has 1 saturated carbocycles. The van der Waals surface area contributed by atoms with Crippen LogP contribution in [0.1, 0.15) is 46.5 Å². The molecular weight excluding hydrogens is 282 g/mol. The smallest absolute Gasteiger partial charge is 0.307 e. The Hall–Kier alpha value is -1.65. The van der Waals surface area contributed by atoms with Crippen molar-refractivity contribution in [1.29, 1.82) is 0 Å². The number of fused-ring (bicyclic) bond motifs is 1. The third-order valence-electron chi connectivity index (χ3n) is 4.59. The fourth-order valence-corrected chi connectivity index (χ4v) is 3.97. The number of carbonyl (C=O) groups excluding carboxylic acids is 1. The summed E-state index contributed by atoms with van der Waals surface area (Å²) in [4.78, 5) is 23.0. The van der Waals surface area contributed by atoms with Crippen LogP contribution in [0.15, 0.2) is 24.3 Å². The minimum Gasteiger partial charge on any atom is -0.460 e. The number of allylic oxidation sites excluding steroid dienone is 3. The summed E-state index contributed by atoms with van der Waals surface area (Å²) in [6.07, 6.45) is 6.67. The lowest BCUT2D eigenvalue weighted by molar-refractivity contribution is -0.506. The molecule has 0 heterocycles. The number of nitro groups is 1. The minimum absolute atomic E-state index is 0.125. The Labute approximate surface area is 131 Å². The summed E-state index contributed by atoms with van der Waals surface area (Å²) in [6.45, 7) is 9.02. The van der Waals surface area contributed by atoms with Crippen LogP contribution in [0.2, 0.25) is 0 Å². The fraction of sp³-hybridized carbons (Fsp3) is 0.706. The van der Waals surface area contributed by atoms with E-state index in [0.717, 1.165) is 19.3 Å². The topological polar surface area (TPSA) is 69.4 Å². The second-order valence-electron chi connectivity index (χ2n) is 7.63. The lowest BCUT2D eigenvalue weighted by Crippen LogP contribution is -2.51. The van der Waals surface area contributed by atoms with E-state index in [1.807, 2.05) is 26.8 Å². The Bertz CT molecular complexity index is 517. The second-order valence-corrected chi connectivity index (χ2v) is 7.63. The molecule has 0 aliphatic heterocycles. The number of hydrogen-bond donors (Lipinski definition) is 0. The summed E-state index contributed by atoms with van der Waals surface area (Å²) in [5.74, 6) is 0.232. The van der Waals surface area contributed by atoms with Gasteiger partial charge in [-0.25, -0.2) is 0 Å². The minimum atomic E-state index is -0.570. The van der Waals surface area contributed by atoms with Crippen LogP contribution in [0.4, 0.5) is 0 Å². The van der Waals surface area contributed by atoms with Crippen molar-refractivity contribution in [3.05, 3.63) is 34.4 Å². The van der Waals surface area contributed by atoms with Crippen LogP contribution in [0.5, 0.6) is 0 Å². The molecule has 0 aromatic heterocycles. The molecule has 0 amide bonds. The van der Waals surface area contributed by atoms with Gasteiger partial charge in [0.25, 0.3) is 0 Å². The van der Waals surface area contributed by atoms with E-state index >= 15 is 0 Å². The van der Waals surface area contributed by atoms with Crippen LogP contribution in [0.3, 0.4) is 0 Å². The standard InChI is InChI=1S/C17H25NO4/c1-5-6-12-7-13-9-17(11-18(20)21,14(13)8-12)10-15(19)22-16(2,3)4/h5,8,13-14H,1,6-7,9-11H2,2-4H3/t13-,14-,17-/m0/s1. The Morgan fingerprint density at radius 3 is 2.82 bits per heavy atom. The van der Waals surface area contributed by atoms with Gasteiger partial charge in [0.15, 0.2) is 0 Å². The lowest BCUT2D eigenvalue weighted by atomic mass is 9.53. The van der Waals surface area contributed by atoms with Crippen LogP contribution in [0.25, 0.3) is 0 Å². The quantitative estimate of drug-likeness (QED) is 0.326. The van der Waals surface area contributed by atoms with E-state index in [2.05, 4.69) is 12.7 Å². The molecule has 2 aliphatic carbocycles. The third kappa shape index (κ3) is 3.57. The summed E-state index contributed by atoms with van der Waals surface area (Å²) in [5.41, 5.74) is 0.161. The van der Waals surface area contributed by atoms with Crippen molar-refractivity contribution < 1.29 is 14.5 Å². The van der Waals surface area contributed by atoms with Crippen LogP contribution in [-0.2, 0) is 9.53 Å². The highest BCUT2D eigenvalue weighted by atomic mass is 16.6. The van der Waals surface area contributed by atoms with Crippen molar-refractivity contribution in [3.63, 3.8) is 0 Å². The predicted molar refractivity (Wildman–Crippen MR) is 83.9 cm³/mol. The lowest BCUT2D eigenvalue weighted by Gasteiger charge is -2.49. The molecule has 122 valence electrons. The van der Waals surface area contributed by atoms with Gasteiger partial charge in [-0.15, -0.1) is 6.58 Å². The summed E-state index contributed by atoms with van der Waals surface area (Å²) in [7, 11) is 0. The summed E-state index contributed by atoms with van der Waals surface area (Å²) >= 11 is 0. The number of hydrogen-bond acceptors (Lipinski definition) is 4. The monoisotopic (exact) mass is 307 g/mol. The average Bonchev–Trinajstić information content (AvgIpc) is 2.64. The first-order valence-corrected chi connectivity index (χ1v) is 7.79. The van der Waals surface area contributed by atoms with E-state index in [1.54, 1.807) is 0 Å². The van der Waals surface area contributed by atoms with Gasteiger partial charge in [-0.05, 0) is 51.9 Å². The van der Waals surface area contributed by atoms with Crippen LogP contribution in [-0.4, -0.2) is 23.0 Å². The maximum atomic E-state index is 12.2. The number of nitrogens with zero attached hydrogens (tertiary/aromatic N) is 1. The Morgan fingerprint density at radius 1 is 1.59 bits per heavy atom. The van der Waals surface area contributed by atoms with Crippen LogP contribution < -0.4 is 0 Å². The summed E-state index contributed by atoms with van der Waals surface area (Å²) in [6, 6.07) is 0. The molecule has 0 aromatic rings. The predicted octanol–water partition coefficient (Wildman–Crippen LogP) is 3.52. The molecule has 2 aliphatic rings. The highest BCUT2D eigenvalue weighted by Crippen LogP contribution is 2.60. The van der Waals surface area contributed by atoms with Gasteiger partial charge in [0.2, 0.25) is 6.54 Å². The number of carbonyl (C=O) groups is 1. The van der Waals surface area contributed by atoms with E-state index in [1.165, 1.54) is 5.57 Å². The molecule has 5 nitrogen and oxygen atoms in total. The molecule has 0 N–H and O–H groups in total. The Kier molecular flexibility index (Phi) is 4.45. The number of rotatable bonds is 6. The second kappa shape index (κ2) is 5.86. The molecule has 0 spiro atoms. The molecule has 1 fully saturated rings. The molecule has 0 radical (unpaired) electrons. The zero-order valence-corrected chi connectivity index (χ0v) is 13.6. The highest BCUT2D eigenvalue weighted by molar-refractivity contribution is 5.71. The van der Waals surface area contributed by atoms with Crippen molar-refractivity contribution in [2.45, 2.75) is 52.1 Å². The summed E-state index contributed by atoms with van der Waals surface area (Å²) in [5, 5.41) is 11.1. The molecule has 0 bridgehead atoms. The van der Waals surface area contributed by atoms with Crippen molar-refractivity contribution in [2.75, 3.05) is 6.54 Å². The first kappa shape index (κ1) is 16.7. The Balaban J connectivity index is 2.12. The van der Waals surface area contributed by atoms with Gasteiger partial charge in [0.05, 0.1) is 11.8 Å². The molecule has 0 aromatic carbocycles. The third-order valence-corrected chi connectivity index (χ3v) is 4.59. The molecule has 3 atom stereocenters.